The first-order valence-electron chi connectivity index (χ1n) is 14.4. The zero-order chi connectivity index (χ0) is 32.4. The molecule has 0 aromatic carbocycles. The fourth-order valence-electron chi connectivity index (χ4n) is 5.96. The first kappa shape index (κ1) is 31.7. The lowest BCUT2D eigenvalue weighted by Gasteiger charge is -2.06. The summed E-state index contributed by atoms with van der Waals surface area (Å²) in [5.74, 6) is -1.69. The molecule has 5 heterocycles. The van der Waals surface area contributed by atoms with Crippen molar-refractivity contribution in [1.29, 1.82) is 0 Å². The fraction of sp³-hybridized carbons (Fsp3) is 0.235. The first-order chi connectivity index (χ1) is 21.6. The highest BCUT2D eigenvalue weighted by atomic mass is 32.1. The van der Waals surface area contributed by atoms with Crippen LogP contribution in [-0.2, 0) is 16.2 Å². The second-order valence-corrected chi connectivity index (χ2v) is 11.1. The molecule has 8 bridgehead atoms. The molecular formula is C34H34N4O6S. The van der Waals surface area contributed by atoms with Crippen LogP contribution in [0.5, 0.6) is 0 Å². The van der Waals surface area contributed by atoms with Gasteiger partial charge in [-0.15, -0.1) is 0 Å². The summed E-state index contributed by atoms with van der Waals surface area (Å²) in [7, 11) is 0. The number of aliphatic hydroxyl groups excluding tert-OH is 2. The van der Waals surface area contributed by atoms with Gasteiger partial charge < -0.3 is 30.4 Å². The molecule has 0 amide bonds. The van der Waals surface area contributed by atoms with Gasteiger partial charge in [-0.3, -0.25) is 9.59 Å². The summed E-state index contributed by atoms with van der Waals surface area (Å²) in [6.45, 7) is 9.28. The minimum absolute atomic E-state index is 0.119. The third-order valence-corrected chi connectivity index (χ3v) is 8.53. The number of aryl methyl sites for hydroxylation is 1. The van der Waals surface area contributed by atoms with Crippen LogP contribution in [0, 0.1) is 6.92 Å². The molecule has 0 radical (unpaired) electrons. The van der Waals surface area contributed by atoms with Gasteiger partial charge in [0.15, 0.2) is 0 Å². The second-order valence-electron chi connectivity index (χ2n) is 10.8. The number of aromatic nitrogens is 4. The van der Waals surface area contributed by atoms with Crippen molar-refractivity contribution in [2.24, 2.45) is 0 Å². The van der Waals surface area contributed by atoms with Gasteiger partial charge in [-0.25, -0.2) is 9.97 Å². The Labute approximate surface area is 264 Å². The molecule has 232 valence electrons. The summed E-state index contributed by atoms with van der Waals surface area (Å²) in [6, 6.07) is 7.25. The number of aliphatic hydroxyl groups is 2. The Morgan fingerprint density at radius 1 is 0.733 bits per heavy atom. The number of allylic oxidation sites excluding steroid dienone is 2. The van der Waals surface area contributed by atoms with Crippen LogP contribution >= 0.6 is 12.6 Å². The average Bonchev–Trinajstić information content (AvgIpc) is 3.70. The molecule has 0 unspecified atom stereocenters. The Hall–Kier alpha value is -4.71. The molecule has 6 N–H and O–H groups in total. The van der Waals surface area contributed by atoms with E-state index in [4.69, 9.17) is 9.97 Å². The molecular weight excluding hydrogens is 592 g/mol. The molecule has 2 aliphatic heterocycles. The number of aliphatic carboxylic acids is 2. The van der Waals surface area contributed by atoms with Gasteiger partial charge in [0.05, 0.1) is 36.0 Å². The molecule has 2 aliphatic rings. The van der Waals surface area contributed by atoms with Crippen LogP contribution in [-0.4, -0.2) is 64.7 Å². The second kappa shape index (κ2) is 13.1. The molecule has 3 aromatic rings. The maximum absolute atomic E-state index is 11.6. The number of carboxylic acid groups (broad SMARTS) is 2. The van der Waals surface area contributed by atoms with Crippen LogP contribution in [0.4, 0.5) is 0 Å². The fourth-order valence-corrected chi connectivity index (χ4v) is 6.31. The zero-order valence-corrected chi connectivity index (χ0v) is 25.7. The number of nitrogens with one attached hydrogen (secondary N) is 2. The molecule has 5 rings (SSSR count). The van der Waals surface area contributed by atoms with Crippen molar-refractivity contribution in [3.8, 4) is 0 Å². The lowest BCUT2D eigenvalue weighted by atomic mass is 9.98. The summed E-state index contributed by atoms with van der Waals surface area (Å²) in [5, 5.41) is 39.9. The number of aromatic amines is 2. The van der Waals surface area contributed by atoms with Gasteiger partial charge in [0, 0.05) is 62.9 Å². The SMILES string of the molecule is C=Cc1c(C)c2cc3[nH]c(cc4nc(cc5nc(cc1[nH]2)C(CO)=C5CCC(=O)O)C(CCC(=O)O)=C4CS)c(CO)c3C=C. The quantitative estimate of drug-likeness (QED) is 0.129. The number of fused-ring (bicyclic) bond motifs is 8. The number of hydrogen-bond acceptors (Lipinski definition) is 7. The average molecular weight is 627 g/mol. The van der Waals surface area contributed by atoms with Crippen molar-refractivity contribution in [1.82, 2.24) is 19.9 Å². The van der Waals surface area contributed by atoms with E-state index in [-0.39, 0.29) is 44.6 Å². The van der Waals surface area contributed by atoms with Gasteiger partial charge in [0.25, 0.3) is 0 Å². The maximum Gasteiger partial charge on any atom is 0.303 e. The number of H-pyrrole nitrogens is 2. The lowest BCUT2D eigenvalue weighted by molar-refractivity contribution is -0.137. The van der Waals surface area contributed by atoms with Gasteiger partial charge in [0.1, 0.15) is 0 Å². The summed E-state index contributed by atoms with van der Waals surface area (Å²) in [4.78, 5) is 39.8. The van der Waals surface area contributed by atoms with Gasteiger partial charge in [-0.1, -0.05) is 25.3 Å². The predicted molar refractivity (Wildman–Crippen MR) is 180 cm³/mol. The maximum atomic E-state index is 11.6. The Balaban J connectivity index is 1.98. The third kappa shape index (κ3) is 6.02. The summed E-state index contributed by atoms with van der Waals surface area (Å²) in [6.07, 6.45) is 3.38. The highest BCUT2D eigenvalue weighted by molar-refractivity contribution is 7.80. The van der Waals surface area contributed by atoms with E-state index in [1.165, 1.54) is 0 Å². The Kier molecular flexibility index (Phi) is 9.24. The molecule has 0 atom stereocenters. The van der Waals surface area contributed by atoms with Crippen molar-refractivity contribution in [3.63, 3.8) is 0 Å². The smallest absolute Gasteiger partial charge is 0.303 e. The van der Waals surface area contributed by atoms with E-state index < -0.39 is 11.9 Å². The predicted octanol–water partition coefficient (Wildman–Crippen LogP) is 5.87. The van der Waals surface area contributed by atoms with Gasteiger partial charge in [0.2, 0.25) is 0 Å². The summed E-state index contributed by atoms with van der Waals surface area (Å²) < 4.78 is 0. The monoisotopic (exact) mass is 626 g/mol. The van der Waals surface area contributed by atoms with Gasteiger partial charge in [-0.2, -0.15) is 12.6 Å². The number of rotatable bonds is 11. The van der Waals surface area contributed by atoms with Gasteiger partial charge in [-0.05, 0) is 66.3 Å². The van der Waals surface area contributed by atoms with Crippen LogP contribution in [0.3, 0.4) is 0 Å². The van der Waals surface area contributed by atoms with Crippen molar-refractivity contribution in [2.45, 2.75) is 39.2 Å². The van der Waals surface area contributed by atoms with E-state index in [0.717, 1.165) is 27.8 Å². The van der Waals surface area contributed by atoms with Crippen LogP contribution in [0.15, 0.2) is 37.4 Å². The Bertz CT molecular complexity index is 1980. The largest absolute Gasteiger partial charge is 0.481 e. The van der Waals surface area contributed by atoms with Crippen molar-refractivity contribution < 1.29 is 30.0 Å². The molecule has 0 spiro atoms. The minimum Gasteiger partial charge on any atom is -0.481 e. The topological polar surface area (TPSA) is 172 Å². The molecule has 11 heteroatoms. The molecule has 0 aliphatic carbocycles. The summed E-state index contributed by atoms with van der Waals surface area (Å²) >= 11 is 4.57. The van der Waals surface area contributed by atoms with E-state index >= 15 is 0 Å². The standard InChI is InChI=1S/C34H34N4O6S/c1-4-18-17(3)25-10-27-19(5-2)22(14-39)30(36-27)13-32-24(16-45)21(7-9-34(43)44)29(38-32)12-28-20(6-8-33(41)42)23(15-40)31(37-28)11-26(18)35-25/h4-5,10-13,35-36,39-40,45H,1-2,6-9,14-16H2,3H3,(H,41,42)(H,43,44). The Morgan fingerprint density at radius 2 is 1.24 bits per heavy atom. The third-order valence-electron chi connectivity index (χ3n) is 8.21. The highest BCUT2D eigenvalue weighted by Crippen LogP contribution is 2.38. The van der Waals surface area contributed by atoms with Crippen LogP contribution in [0.25, 0.3) is 56.5 Å². The molecule has 0 fully saturated rings. The number of carboxylic acids is 2. The molecule has 3 aromatic heterocycles. The van der Waals surface area contributed by atoms with Crippen molar-refractivity contribution >= 4 is 81.1 Å². The van der Waals surface area contributed by atoms with Crippen LogP contribution in [0.2, 0.25) is 0 Å². The summed E-state index contributed by atoms with van der Waals surface area (Å²) in [5.41, 5.74) is 10.3. The normalized spacial score (nSPS) is 13.0. The number of hydrogen-bond donors (Lipinski definition) is 7. The first-order valence-corrected chi connectivity index (χ1v) is 15.0. The molecule has 10 nitrogen and oxygen atoms in total. The van der Waals surface area contributed by atoms with E-state index in [9.17, 15) is 30.0 Å². The molecule has 0 saturated heterocycles. The van der Waals surface area contributed by atoms with Crippen molar-refractivity contribution in [3.05, 3.63) is 82.5 Å². The van der Waals surface area contributed by atoms with Crippen LogP contribution in [0.1, 0.15) is 70.7 Å². The minimum atomic E-state index is -0.990. The van der Waals surface area contributed by atoms with E-state index in [0.29, 0.717) is 61.6 Å². The van der Waals surface area contributed by atoms with Crippen LogP contribution < -0.4 is 0 Å². The van der Waals surface area contributed by atoms with E-state index in [1.807, 2.05) is 13.0 Å². The van der Waals surface area contributed by atoms with Gasteiger partial charge >= 0.3 is 11.9 Å². The van der Waals surface area contributed by atoms with E-state index in [1.54, 1.807) is 30.4 Å². The zero-order valence-electron chi connectivity index (χ0n) is 24.8. The highest BCUT2D eigenvalue weighted by Gasteiger charge is 2.25. The molecule has 0 saturated carbocycles. The Morgan fingerprint density at radius 3 is 1.78 bits per heavy atom. The van der Waals surface area contributed by atoms with E-state index in [2.05, 4.69) is 35.8 Å². The number of nitrogens with zero attached hydrogens (tertiary/aromatic N) is 2. The number of carbonyl (C=O) groups is 2. The lowest BCUT2D eigenvalue weighted by Crippen LogP contribution is -1.98. The number of thiol groups is 1. The van der Waals surface area contributed by atoms with Crippen molar-refractivity contribution in [2.75, 3.05) is 12.4 Å². The molecule has 45 heavy (non-hydrogen) atoms.